The van der Waals surface area contributed by atoms with Crippen molar-refractivity contribution in [3.05, 3.63) is 64.3 Å². The van der Waals surface area contributed by atoms with E-state index in [-0.39, 0.29) is 0 Å². The Morgan fingerprint density at radius 2 is 1.76 bits per heavy atom. The molecule has 1 nitrogen and oxygen atoms in total. The number of aromatic nitrogens is 1. The van der Waals surface area contributed by atoms with Crippen molar-refractivity contribution in [3.8, 4) is 11.3 Å². The molecule has 0 unspecified atom stereocenters. The number of fused-ring (bicyclic) bond motifs is 1. The van der Waals surface area contributed by atoms with Crippen molar-refractivity contribution >= 4 is 23.0 Å². The molecule has 106 valence electrons. The standard InChI is InChI=1S/C19H19NS/c1-4-20-18(17-11-13(2)9-10-14(17)3)12-15-7-5-6-8-16(15)19(20)21/h5-12H,4H2,1-3H3. The second-order valence-corrected chi connectivity index (χ2v) is 5.87. The van der Waals surface area contributed by atoms with Crippen LogP contribution in [-0.2, 0) is 6.54 Å². The van der Waals surface area contributed by atoms with Gasteiger partial charge in [-0.15, -0.1) is 0 Å². The Labute approximate surface area is 130 Å². The molecule has 2 aromatic carbocycles. The highest BCUT2D eigenvalue weighted by Gasteiger charge is 2.10. The van der Waals surface area contributed by atoms with E-state index in [9.17, 15) is 0 Å². The van der Waals surface area contributed by atoms with Crippen molar-refractivity contribution in [1.82, 2.24) is 4.57 Å². The van der Waals surface area contributed by atoms with Crippen molar-refractivity contribution in [2.45, 2.75) is 27.3 Å². The molecular formula is C19H19NS. The topological polar surface area (TPSA) is 4.93 Å². The molecule has 1 heterocycles. The van der Waals surface area contributed by atoms with E-state index in [2.05, 4.69) is 73.9 Å². The number of aryl methyl sites for hydroxylation is 2. The van der Waals surface area contributed by atoms with Gasteiger partial charge in [0.1, 0.15) is 4.64 Å². The van der Waals surface area contributed by atoms with Gasteiger partial charge in [-0.05, 0) is 43.9 Å². The first-order valence-corrected chi connectivity index (χ1v) is 7.73. The lowest BCUT2D eigenvalue weighted by atomic mass is 10.0. The molecule has 0 aliphatic heterocycles. The molecule has 1 aromatic heterocycles. The van der Waals surface area contributed by atoms with Gasteiger partial charge < -0.3 is 4.57 Å². The summed E-state index contributed by atoms with van der Waals surface area (Å²) in [5.74, 6) is 0. The third-order valence-corrected chi connectivity index (χ3v) is 4.44. The fourth-order valence-corrected chi connectivity index (χ4v) is 3.26. The lowest BCUT2D eigenvalue weighted by molar-refractivity contribution is 0.759. The van der Waals surface area contributed by atoms with Crippen molar-refractivity contribution in [2.75, 3.05) is 0 Å². The highest BCUT2D eigenvalue weighted by Crippen LogP contribution is 2.29. The van der Waals surface area contributed by atoms with Gasteiger partial charge in [0.2, 0.25) is 0 Å². The first kappa shape index (κ1) is 14.0. The number of hydrogen-bond donors (Lipinski definition) is 0. The highest BCUT2D eigenvalue weighted by molar-refractivity contribution is 7.71. The largest absolute Gasteiger partial charge is 0.332 e. The molecule has 21 heavy (non-hydrogen) atoms. The van der Waals surface area contributed by atoms with Crippen LogP contribution in [0, 0.1) is 18.5 Å². The predicted molar refractivity (Wildman–Crippen MR) is 93.4 cm³/mol. The maximum Gasteiger partial charge on any atom is 0.114 e. The van der Waals surface area contributed by atoms with Crippen LogP contribution in [0.1, 0.15) is 18.1 Å². The Kier molecular flexibility index (Phi) is 3.64. The molecule has 0 aliphatic rings. The lowest BCUT2D eigenvalue weighted by Gasteiger charge is -2.17. The number of hydrogen-bond acceptors (Lipinski definition) is 1. The maximum atomic E-state index is 5.72. The summed E-state index contributed by atoms with van der Waals surface area (Å²) in [7, 11) is 0. The number of rotatable bonds is 2. The molecule has 3 aromatic rings. The second kappa shape index (κ2) is 5.45. The fraction of sp³-hybridized carbons (Fsp3) is 0.211. The molecule has 0 aliphatic carbocycles. The first-order valence-electron chi connectivity index (χ1n) is 7.32. The Hall–Kier alpha value is -1.93. The summed E-state index contributed by atoms with van der Waals surface area (Å²) in [5.41, 5.74) is 5.04. The average molecular weight is 293 g/mol. The van der Waals surface area contributed by atoms with Gasteiger partial charge in [-0.25, -0.2) is 0 Å². The van der Waals surface area contributed by atoms with Crippen LogP contribution in [0.25, 0.3) is 22.0 Å². The van der Waals surface area contributed by atoms with Gasteiger partial charge in [0.25, 0.3) is 0 Å². The van der Waals surface area contributed by atoms with Crippen LogP contribution in [0.5, 0.6) is 0 Å². The van der Waals surface area contributed by atoms with Crippen molar-refractivity contribution in [3.63, 3.8) is 0 Å². The molecule has 0 saturated carbocycles. The molecule has 0 N–H and O–H groups in total. The Balaban J connectivity index is 2.42. The summed E-state index contributed by atoms with van der Waals surface area (Å²) in [6, 6.07) is 17.2. The van der Waals surface area contributed by atoms with E-state index in [1.54, 1.807) is 0 Å². The summed E-state index contributed by atoms with van der Waals surface area (Å²) in [6.07, 6.45) is 0. The van der Waals surface area contributed by atoms with E-state index >= 15 is 0 Å². The molecule has 0 bridgehead atoms. The Morgan fingerprint density at radius 1 is 1.00 bits per heavy atom. The zero-order chi connectivity index (χ0) is 15.0. The first-order chi connectivity index (χ1) is 10.1. The van der Waals surface area contributed by atoms with E-state index in [1.165, 1.54) is 27.8 Å². The van der Waals surface area contributed by atoms with Crippen LogP contribution in [0.2, 0.25) is 0 Å². The van der Waals surface area contributed by atoms with E-state index in [0.29, 0.717) is 0 Å². The normalized spacial score (nSPS) is 11.0. The number of benzene rings is 2. The molecule has 0 spiro atoms. The van der Waals surface area contributed by atoms with E-state index in [4.69, 9.17) is 12.2 Å². The van der Waals surface area contributed by atoms with Gasteiger partial charge in [0.15, 0.2) is 0 Å². The summed E-state index contributed by atoms with van der Waals surface area (Å²) in [5, 5.41) is 2.37. The number of nitrogens with zero attached hydrogens (tertiary/aromatic N) is 1. The Bertz CT molecular complexity index is 874. The van der Waals surface area contributed by atoms with E-state index < -0.39 is 0 Å². The minimum atomic E-state index is 0.881. The SMILES string of the molecule is CCn1c(-c2cc(C)ccc2C)cc2ccccc2c1=S. The quantitative estimate of drug-likeness (QED) is 0.551. The smallest absolute Gasteiger partial charge is 0.114 e. The minimum Gasteiger partial charge on any atom is -0.332 e. The van der Waals surface area contributed by atoms with Crippen LogP contribution >= 0.6 is 12.2 Å². The summed E-state index contributed by atoms with van der Waals surface area (Å²) in [6.45, 7) is 7.33. The zero-order valence-electron chi connectivity index (χ0n) is 12.7. The summed E-state index contributed by atoms with van der Waals surface area (Å²) >= 11 is 5.72. The zero-order valence-corrected chi connectivity index (χ0v) is 13.5. The maximum absolute atomic E-state index is 5.72. The molecular weight excluding hydrogens is 274 g/mol. The molecule has 0 radical (unpaired) electrons. The Morgan fingerprint density at radius 3 is 2.52 bits per heavy atom. The van der Waals surface area contributed by atoms with Crippen LogP contribution in [0.15, 0.2) is 48.5 Å². The van der Waals surface area contributed by atoms with Gasteiger partial charge in [-0.2, -0.15) is 0 Å². The second-order valence-electron chi connectivity index (χ2n) is 5.48. The highest BCUT2D eigenvalue weighted by atomic mass is 32.1. The third-order valence-electron chi connectivity index (χ3n) is 4.00. The summed E-state index contributed by atoms with van der Waals surface area (Å²) < 4.78 is 3.16. The summed E-state index contributed by atoms with van der Waals surface area (Å²) in [4.78, 5) is 0. The molecule has 0 fully saturated rings. The van der Waals surface area contributed by atoms with Gasteiger partial charge >= 0.3 is 0 Å². The predicted octanol–water partition coefficient (Wildman–Crippen LogP) is 5.67. The third kappa shape index (κ3) is 2.40. The van der Waals surface area contributed by atoms with Crippen LogP contribution in [0.3, 0.4) is 0 Å². The van der Waals surface area contributed by atoms with E-state index in [1.807, 2.05) is 0 Å². The molecule has 0 atom stereocenters. The van der Waals surface area contributed by atoms with Gasteiger partial charge in [-0.3, -0.25) is 0 Å². The molecule has 0 amide bonds. The molecule has 0 saturated heterocycles. The van der Waals surface area contributed by atoms with Crippen LogP contribution in [-0.4, -0.2) is 4.57 Å². The molecule has 2 heteroatoms. The fourth-order valence-electron chi connectivity index (χ4n) is 2.85. The minimum absolute atomic E-state index is 0.881. The van der Waals surface area contributed by atoms with Gasteiger partial charge in [-0.1, -0.05) is 54.2 Å². The average Bonchev–Trinajstić information content (AvgIpc) is 2.50. The number of pyridine rings is 1. The van der Waals surface area contributed by atoms with Gasteiger partial charge in [0, 0.05) is 23.2 Å². The van der Waals surface area contributed by atoms with Crippen molar-refractivity contribution < 1.29 is 0 Å². The van der Waals surface area contributed by atoms with Crippen LogP contribution < -0.4 is 0 Å². The monoisotopic (exact) mass is 293 g/mol. The molecule has 3 rings (SSSR count). The van der Waals surface area contributed by atoms with Crippen molar-refractivity contribution in [2.24, 2.45) is 0 Å². The van der Waals surface area contributed by atoms with E-state index in [0.717, 1.165) is 16.6 Å². The lowest BCUT2D eigenvalue weighted by Crippen LogP contribution is -2.04. The van der Waals surface area contributed by atoms with Crippen LogP contribution in [0.4, 0.5) is 0 Å². The van der Waals surface area contributed by atoms with Gasteiger partial charge in [0.05, 0.1) is 0 Å². The van der Waals surface area contributed by atoms with Crippen molar-refractivity contribution in [1.29, 1.82) is 0 Å².